The molecule has 0 radical (unpaired) electrons. The van der Waals surface area contributed by atoms with Gasteiger partial charge in [0.1, 0.15) is 6.54 Å². The molecule has 0 spiro atoms. The summed E-state index contributed by atoms with van der Waals surface area (Å²) in [5.41, 5.74) is 2.56. The molecule has 31 heavy (non-hydrogen) atoms. The standard InChI is InChI=1S/C24H21N3O4/c1-3-26-13-19(21(15(26)2)22(29)16-9-5-4-6-10-16)25-20(28)14-27-23(30)17-11-7-8-12-18(17)24(27)31/h4-13H,3,14H2,1-2H3,(H,25,28). The van der Waals surface area contributed by atoms with E-state index in [1.165, 1.54) is 0 Å². The van der Waals surface area contributed by atoms with Crippen LogP contribution in [0, 0.1) is 6.92 Å². The Kier molecular flexibility index (Phi) is 5.25. The number of benzene rings is 2. The van der Waals surface area contributed by atoms with E-state index in [9.17, 15) is 19.2 Å². The van der Waals surface area contributed by atoms with Crippen LogP contribution < -0.4 is 5.32 Å². The van der Waals surface area contributed by atoms with Gasteiger partial charge < -0.3 is 9.88 Å². The SMILES string of the molecule is CCn1cc(NC(=O)CN2C(=O)c3ccccc3C2=O)c(C(=O)c2ccccc2)c1C. The number of fused-ring (bicyclic) bond motifs is 1. The maximum absolute atomic E-state index is 13.1. The van der Waals surface area contributed by atoms with Gasteiger partial charge in [-0.2, -0.15) is 0 Å². The normalized spacial score (nSPS) is 12.8. The molecule has 2 aromatic carbocycles. The molecule has 156 valence electrons. The van der Waals surface area contributed by atoms with Crippen molar-refractivity contribution in [2.24, 2.45) is 0 Å². The van der Waals surface area contributed by atoms with E-state index in [1.807, 2.05) is 24.5 Å². The third-order valence-electron chi connectivity index (χ3n) is 5.40. The van der Waals surface area contributed by atoms with Gasteiger partial charge in [-0.1, -0.05) is 42.5 Å². The number of nitrogens with zero attached hydrogens (tertiary/aromatic N) is 2. The third-order valence-corrected chi connectivity index (χ3v) is 5.40. The molecule has 1 N–H and O–H groups in total. The maximum Gasteiger partial charge on any atom is 0.262 e. The van der Waals surface area contributed by atoms with Crippen molar-refractivity contribution in [2.45, 2.75) is 20.4 Å². The van der Waals surface area contributed by atoms with E-state index in [2.05, 4.69) is 5.32 Å². The second kappa shape index (κ2) is 8.02. The van der Waals surface area contributed by atoms with Gasteiger partial charge >= 0.3 is 0 Å². The fourth-order valence-corrected chi connectivity index (χ4v) is 3.82. The summed E-state index contributed by atoms with van der Waals surface area (Å²) < 4.78 is 1.87. The highest BCUT2D eigenvalue weighted by Crippen LogP contribution is 2.26. The largest absolute Gasteiger partial charge is 0.349 e. The molecule has 1 aromatic heterocycles. The zero-order valence-electron chi connectivity index (χ0n) is 17.2. The fourth-order valence-electron chi connectivity index (χ4n) is 3.82. The van der Waals surface area contributed by atoms with Crippen LogP contribution in [-0.4, -0.2) is 39.5 Å². The van der Waals surface area contributed by atoms with Gasteiger partial charge in [-0.15, -0.1) is 0 Å². The molecule has 7 heteroatoms. The lowest BCUT2D eigenvalue weighted by Crippen LogP contribution is -2.37. The van der Waals surface area contributed by atoms with Crippen LogP contribution in [0.3, 0.4) is 0 Å². The first-order valence-corrected chi connectivity index (χ1v) is 9.97. The van der Waals surface area contributed by atoms with Crippen LogP contribution in [0.1, 0.15) is 49.3 Å². The van der Waals surface area contributed by atoms with E-state index >= 15 is 0 Å². The Bertz CT molecular complexity index is 1180. The molecule has 0 bridgehead atoms. The average molecular weight is 415 g/mol. The maximum atomic E-state index is 13.1. The number of carbonyl (C=O) groups excluding carboxylic acids is 4. The minimum Gasteiger partial charge on any atom is -0.349 e. The number of hydrogen-bond acceptors (Lipinski definition) is 4. The van der Waals surface area contributed by atoms with Gasteiger partial charge in [-0.3, -0.25) is 24.1 Å². The molecule has 0 aliphatic carbocycles. The summed E-state index contributed by atoms with van der Waals surface area (Å²) >= 11 is 0. The highest BCUT2D eigenvalue weighted by molar-refractivity contribution is 6.23. The topological polar surface area (TPSA) is 88.5 Å². The van der Waals surface area contributed by atoms with Crippen molar-refractivity contribution in [1.82, 2.24) is 9.47 Å². The van der Waals surface area contributed by atoms with Crippen LogP contribution in [0.4, 0.5) is 5.69 Å². The predicted molar refractivity (Wildman–Crippen MR) is 115 cm³/mol. The van der Waals surface area contributed by atoms with Crippen LogP contribution >= 0.6 is 0 Å². The molecule has 0 saturated heterocycles. The van der Waals surface area contributed by atoms with Crippen molar-refractivity contribution in [3.8, 4) is 0 Å². The fraction of sp³-hybridized carbons (Fsp3) is 0.167. The Labute approximate surface area is 179 Å². The van der Waals surface area contributed by atoms with Gasteiger partial charge in [0.25, 0.3) is 11.8 Å². The molecule has 1 aliphatic heterocycles. The van der Waals surface area contributed by atoms with Crippen LogP contribution in [0.25, 0.3) is 0 Å². The Balaban J connectivity index is 1.59. The molecule has 4 rings (SSSR count). The lowest BCUT2D eigenvalue weighted by atomic mass is 10.0. The van der Waals surface area contributed by atoms with Crippen LogP contribution in [0.5, 0.6) is 0 Å². The molecular weight excluding hydrogens is 394 g/mol. The number of rotatable bonds is 6. The number of imide groups is 1. The second-order valence-electron chi connectivity index (χ2n) is 7.27. The van der Waals surface area contributed by atoms with Gasteiger partial charge in [0.05, 0.1) is 22.4 Å². The Morgan fingerprint density at radius 3 is 2.06 bits per heavy atom. The van der Waals surface area contributed by atoms with Crippen molar-refractivity contribution >= 4 is 29.2 Å². The average Bonchev–Trinajstić information content (AvgIpc) is 3.22. The third kappa shape index (κ3) is 3.54. The van der Waals surface area contributed by atoms with Crippen molar-refractivity contribution in [2.75, 3.05) is 11.9 Å². The monoisotopic (exact) mass is 415 g/mol. The number of aromatic nitrogens is 1. The van der Waals surface area contributed by atoms with E-state index < -0.39 is 24.3 Å². The molecule has 3 aromatic rings. The molecule has 7 nitrogen and oxygen atoms in total. The number of carbonyl (C=O) groups is 4. The van der Waals surface area contributed by atoms with Crippen LogP contribution in [0.2, 0.25) is 0 Å². The number of hydrogen-bond donors (Lipinski definition) is 1. The molecule has 0 atom stereocenters. The van der Waals surface area contributed by atoms with E-state index in [-0.39, 0.29) is 16.9 Å². The molecule has 0 fully saturated rings. The molecule has 1 aliphatic rings. The molecule has 2 heterocycles. The summed E-state index contributed by atoms with van der Waals surface area (Å²) in [6, 6.07) is 15.3. The van der Waals surface area contributed by atoms with Gasteiger partial charge in [0, 0.05) is 24.0 Å². The first kappa shape index (κ1) is 20.3. The molecule has 0 unspecified atom stereocenters. The summed E-state index contributed by atoms with van der Waals surface area (Å²) in [5.74, 6) is -1.76. The number of ketones is 1. The van der Waals surface area contributed by atoms with E-state index in [1.54, 1.807) is 54.7 Å². The highest BCUT2D eigenvalue weighted by atomic mass is 16.2. The van der Waals surface area contributed by atoms with Crippen LogP contribution in [0.15, 0.2) is 60.8 Å². The number of anilines is 1. The van der Waals surface area contributed by atoms with Crippen LogP contribution in [-0.2, 0) is 11.3 Å². The number of aryl methyl sites for hydroxylation is 1. The Morgan fingerprint density at radius 1 is 0.903 bits per heavy atom. The zero-order chi connectivity index (χ0) is 22.1. The van der Waals surface area contributed by atoms with Crippen molar-refractivity contribution < 1.29 is 19.2 Å². The second-order valence-corrected chi connectivity index (χ2v) is 7.27. The predicted octanol–water partition coefficient (Wildman–Crippen LogP) is 3.28. The molecule has 0 saturated carbocycles. The Hall–Kier alpha value is -4.00. The lowest BCUT2D eigenvalue weighted by molar-refractivity contribution is -0.116. The molecule has 3 amide bonds. The minimum absolute atomic E-state index is 0.207. The van der Waals surface area contributed by atoms with Crippen molar-refractivity contribution in [3.63, 3.8) is 0 Å². The summed E-state index contributed by atoms with van der Waals surface area (Å²) in [6.45, 7) is 3.95. The quantitative estimate of drug-likeness (QED) is 0.494. The van der Waals surface area contributed by atoms with Crippen molar-refractivity contribution in [1.29, 1.82) is 0 Å². The van der Waals surface area contributed by atoms with Gasteiger partial charge in [-0.25, -0.2) is 0 Å². The zero-order valence-corrected chi connectivity index (χ0v) is 17.2. The van der Waals surface area contributed by atoms with Gasteiger partial charge in [-0.05, 0) is 26.0 Å². The Morgan fingerprint density at radius 2 is 1.48 bits per heavy atom. The summed E-state index contributed by atoms with van der Waals surface area (Å²) in [4.78, 5) is 51.8. The van der Waals surface area contributed by atoms with Gasteiger partial charge in [0.2, 0.25) is 5.91 Å². The van der Waals surface area contributed by atoms with Crippen molar-refractivity contribution in [3.05, 3.63) is 88.7 Å². The number of amides is 3. The first-order chi connectivity index (χ1) is 14.9. The highest BCUT2D eigenvalue weighted by Gasteiger charge is 2.36. The van der Waals surface area contributed by atoms with E-state index in [0.717, 1.165) is 10.6 Å². The van der Waals surface area contributed by atoms with E-state index in [4.69, 9.17) is 0 Å². The lowest BCUT2D eigenvalue weighted by Gasteiger charge is -2.14. The first-order valence-electron chi connectivity index (χ1n) is 9.97. The number of nitrogens with one attached hydrogen (secondary N) is 1. The summed E-state index contributed by atoms with van der Waals surface area (Å²) in [6.07, 6.45) is 1.70. The molecular formula is C24H21N3O4. The smallest absolute Gasteiger partial charge is 0.262 e. The minimum atomic E-state index is -0.551. The van der Waals surface area contributed by atoms with E-state index in [0.29, 0.717) is 23.4 Å². The van der Waals surface area contributed by atoms with Gasteiger partial charge in [0.15, 0.2) is 5.78 Å². The summed E-state index contributed by atoms with van der Waals surface area (Å²) in [7, 11) is 0. The summed E-state index contributed by atoms with van der Waals surface area (Å²) in [5, 5.41) is 2.72.